The van der Waals surface area contributed by atoms with E-state index in [-0.39, 0.29) is 12.1 Å². The second kappa shape index (κ2) is 7.24. The van der Waals surface area contributed by atoms with E-state index >= 15 is 0 Å². The van der Waals surface area contributed by atoms with E-state index in [4.69, 9.17) is 4.74 Å². The van der Waals surface area contributed by atoms with Crippen molar-refractivity contribution in [3.8, 4) is 0 Å². The van der Waals surface area contributed by atoms with Crippen LogP contribution in [0.25, 0.3) is 0 Å². The Morgan fingerprint density at radius 3 is 2.70 bits per heavy atom. The zero-order chi connectivity index (χ0) is 14.6. The number of aliphatic hydroxyl groups excluding tert-OH is 1. The molecule has 0 bridgehead atoms. The molecule has 0 heterocycles. The molecule has 2 aliphatic carbocycles. The van der Waals surface area contributed by atoms with Crippen LogP contribution in [0.4, 0.5) is 0 Å². The van der Waals surface area contributed by atoms with E-state index < -0.39 is 0 Å². The summed E-state index contributed by atoms with van der Waals surface area (Å²) in [5.74, 6) is 0.867. The minimum Gasteiger partial charge on any atom is -0.394 e. The summed E-state index contributed by atoms with van der Waals surface area (Å²) in [6, 6.07) is 0.417. The SMILES string of the molecule is CCC1CCCC(OC2CCC(CO)(NC(C)C)C2)C1. The topological polar surface area (TPSA) is 41.5 Å². The fraction of sp³-hybridized carbons (Fsp3) is 1.00. The quantitative estimate of drug-likeness (QED) is 0.786. The van der Waals surface area contributed by atoms with E-state index in [1.807, 2.05) is 0 Å². The van der Waals surface area contributed by atoms with E-state index in [9.17, 15) is 5.11 Å². The molecular weight excluding hydrogens is 250 g/mol. The van der Waals surface area contributed by atoms with Crippen molar-refractivity contribution < 1.29 is 9.84 Å². The lowest BCUT2D eigenvalue weighted by Crippen LogP contribution is -2.50. The van der Waals surface area contributed by atoms with Gasteiger partial charge in [-0.3, -0.25) is 0 Å². The molecule has 0 aromatic heterocycles. The number of nitrogens with one attached hydrogen (secondary N) is 1. The predicted octanol–water partition coefficient (Wildman–Crippen LogP) is 3.25. The molecule has 2 aliphatic rings. The molecule has 0 aliphatic heterocycles. The van der Waals surface area contributed by atoms with Crippen molar-refractivity contribution >= 4 is 0 Å². The van der Waals surface area contributed by atoms with E-state index in [0.29, 0.717) is 18.2 Å². The highest BCUT2D eigenvalue weighted by Gasteiger charge is 2.40. The molecule has 0 aromatic rings. The number of aliphatic hydroxyl groups is 1. The first-order valence-electron chi connectivity index (χ1n) is 8.61. The van der Waals surface area contributed by atoms with Gasteiger partial charge in [-0.2, -0.15) is 0 Å². The minimum atomic E-state index is -0.0995. The average Bonchev–Trinajstić information content (AvgIpc) is 2.82. The minimum absolute atomic E-state index is 0.0995. The predicted molar refractivity (Wildman–Crippen MR) is 82.8 cm³/mol. The maximum atomic E-state index is 9.75. The van der Waals surface area contributed by atoms with Gasteiger partial charge in [0.15, 0.2) is 0 Å². The summed E-state index contributed by atoms with van der Waals surface area (Å²) >= 11 is 0. The lowest BCUT2D eigenvalue weighted by molar-refractivity contribution is -0.0417. The fourth-order valence-electron chi connectivity index (χ4n) is 4.13. The monoisotopic (exact) mass is 283 g/mol. The van der Waals surface area contributed by atoms with Gasteiger partial charge in [-0.1, -0.05) is 40.0 Å². The van der Waals surface area contributed by atoms with Crippen LogP contribution in [-0.4, -0.2) is 35.5 Å². The summed E-state index contributed by atoms with van der Waals surface area (Å²) in [6.45, 7) is 6.83. The molecule has 2 rings (SSSR count). The third kappa shape index (κ3) is 4.19. The van der Waals surface area contributed by atoms with E-state index in [0.717, 1.165) is 25.2 Å². The molecule has 4 atom stereocenters. The number of hydrogen-bond donors (Lipinski definition) is 2. The number of rotatable bonds is 6. The third-order valence-corrected chi connectivity index (χ3v) is 5.16. The van der Waals surface area contributed by atoms with Crippen molar-refractivity contribution in [2.45, 2.75) is 95.9 Å². The van der Waals surface area contributed by atoms with Gasteiger partial charge in [0.05, 0.1) is 18.8 Å². The molecule has 20 heavy (non-hydrogen) atoms. The van der Waals surface area contributed by atoms with E-state index in [2.05, 4.69) is 26.1 Å². The van der Waals surface area contributed by atoms with Gasteiger partial charge in [-0.25, -0.2) is 0 Å². The van der Waals surface area contributed by atoms with Crippen molar-refractivity contribution in [2.24, 2.45) is 5.92 Å². The van der Waals surface area contributed by atoms with Gasteiger partial charge in [0.25, 0.3) is 0 Å². The van der Waals surface area contributed by atoms with Crippen LogP contribution in [-0.2, 0) is 4.74 Å². The van der Waals surface area contributed by atoms with Crippen LogP contribution in [0.2, 0.25) is 0 Å². The Morgan fingerprint density at radius 1 is 1.25 bits per heavy atom. The van der Waals surface area contributed by atoms with E-state index in [1.54, 1.807) is 0 Å². The van der Waals surface area contributed by atoms with Crippen molar-refractivity contribution in [1.29, 1.82) is 0 Å². The van der Waals surface area contributed by atoms with Crippen molar-refractivity contribution in [3.63, 3.8) is 0 Å². The maximum absolute atomic E-state index is 9.75. The Bertz CT molecular complexity index is 295. The van der Waals surface area contributed by atoms with Crippen LogP contribution < -0.4 is 5.32 Å². The average molecular weight is 283 g/mol. The summed E-state index contributed by atoms with van der Waals surface area (Å²) in [6.07, 6.45) is 10.4. The maximum Gasteiger partial charge on any atom is 0.0614 e. The second-order valence-corrected chi connectivity index (χ2v) is 7.30. The molecular formula is C17H33NO2. The molecule has 2 N–H and O–H groups in total. The van der Waals surface area contributed by atoms with Gasteiger partial charge in [0.2, 0.25) is 0 Å². The highest BCUT2D eigenvalue weighted by molar-refractivity contribution is 4.98. The first-order chi connectivity index (χ1) is 9.57. The summed E-state index contributed by atoms with van der Waals surface area (Å²) < 4.78 is 6.37. The molecule has 0 spiro atoms. The Morgan fingerprint density at radius 2 is 2.05 bits per heavy atom. The van der Waals surface area contributed by atoms with Gasteiger partial charge in [0.1, 0.15) is 0 Å². The summed E-state index contributed by atoms with van der Waals surface area (Å²) in [5, 5.41) is 13.3. The summed E-state index contributed by atoms with van der Waals surface area (Å²) in [4.78, 5) is 0. The standard InChI is InChI=1S/C17H33NO2/c1-4-14-6-5-7-15(10-14)20-16-8-9-17(11-16,12-19)18-13(2)3/h13-16,18-19H,4-12H2,1-3H3. The number of hydrogen-bond acceptors (Lipinski definition) is 3. The van der Waals surface area contributed by atoms with Crippen LogP contribution in [0.3, 0.4) is 0 Å². The Balaban J connectivity index is 1.83. The zero-order valence-corrected chi connectivity index (χ0v) is 13.5. The molecule has 3 nitrogen and oxygen atoms in total. The summed E-state index contributed by atoms with van der Waals surface area (Å²) in [5.41, 5.74) is -0.0995. The lowest BCUT2D eigenvalue weighted by Gasteiger charge is -2.33. The summed E-state index contributed by atoms with van der Waals surface area (Å²) in [7, 11) is 0. The van der Waals surface area contributed by atoms with Gasteiger partial charge in [0, 0.05) is 11.6 Å². The molecule has 118 valence electrons. The van der Waals surface area contributed by atoms with Gasteiger partial charge < -0.3 is 15.2 Å². The normalized spacial score (nSPS) is 38.5. The highest BCUT2D eigenvalue weighted by Crippen LogP contribution is 2.36. The molecule has 2 fully saturated rings. The first kappa shape index (κ1) is 16.3. The lowest BCUT2D eigenvalue weighted by atomic mass is 9.85. The van der Waals surface area contributed by atoms with E-state index in [1.165, 1.54) is 32.1 Å². The van der Waals surface area contributed by atoms with Gasteiger partial charge in [-0.15, -0.1) is 0 Å². The Hall–Kier alpha value is -0.120. The molecule has 0 radical (unpaired) electrons. The molecule has 3 heteroatoms. The van der Waals surface area contributed by atoms with Crippen LogP contribution in [0, 0.1) is 5.92 Å². The third-order valence-electron chi connectivity index (χ3n) is 5.16. The second-order valence-electron chi connectivity index (χ2n) is 7.30. The molecule has 2 saturated carbocycles. The van der Waals surface area contributed by atoms with Gasteiger partial charge >= 0.3 is 0 Å². The van der Waals surface area contributed by atoms with Crippen molar-refractivity contribution in [3.05, 3.63) is 0 Å². The molecule has 0 saturated heterocycles. The van der Waals surface area contributed by atoms with Crippen molar-refractivity contribution in [2.75, 3.05) is 6.61 Å². The molecule has 0 amide bonds. The van der Waals surface area contributed by atoms with Crippen LogP contribution in [0.5, 0.6) is 0 Å². The van der Waals surface area contributed by atoms with Crippen LogP contribution in [0.15, 0.2) is 0 Å². The van der Waals surface area contributed by atoms with Crippen molar-refractivity contribution in [1.82, 2.24) is 5.32 Å². The van der Waals surface area contributed by atoms with Crippen LogP contribution >= 0.6 is 0 Å². The fourth-order valence-corrected chi connectivity index (χ4v) is 4.13. The Kier molecular flexibility index (Phi) is 5.88. The smallest absolute Gasteiger partial charge is 0.0614 e. The zero-order valence-electron chi connectivity index (χ0n) is 13.5. The highest BCUT2D eigenvalue weighted by atomic mass is 16.5. The largest absolute Gasteiger partial charge is 0.394 e. The number of ether oxygens (including phenoxy) is 1. The van der Waals surface area contributed by atoms with Crippen LogP contribution in [0.1, 0.15) is 72.1 Å². The molecule has 4 unspecified atom stereocenters. The molecule has 0 aromatic carbocycles. The first-order valence-corrected chi connectivity index (χ1v) is 8.61. The van der Waals surface area contributed by atoms with Gasteiger partial charge in [-0.05, 0) is 38.0 Å². The Labute approximate surface area is 124 Å².